The summed E-state index contributed by atoms with van der Waals surface area (Å²) in [6, 6.07) is 5.70. The van der Waals surface area contributed by atoms with E-state index in [1.807, 2.05) is 30.6 Å². The monoisotopic (exact) mass is 231 g/mol. The molecule has 0 radical (unpaired) electrons. The van der Waals surface area contributed by atoms with Crippen LogP contribution in [0.15, 0.2) is 34.3 Å². The zero-order chi connectivity index (χ0) is 11.0. The minimum atomic E-state index is 0.615. The van der Waals surface area contributed by atoms with E-state index in [1.54, 1.807) is 17.6 Å². The molecule has 16 heavy (non-hydrogen) atoms. The van der Waals surface area contributed by atoms with Crippen molar-refractivity contribution in [3.8, 4) is 11.6 Å². The zero-order valence-electron chi connectivity index (χ0n) is 8.60. The molecule has 0 aliphatic heterocycles. The lowest BCUT2D eigenvalue weighted by atomic mass is 10.3. The number of aromatic nitrogens is 2. The quantitative estimate of drug-likeness (QED) is 0.736. The third-order valence-electron chi connectivity index (χ3n) is 2.30. The minimum Gasteiger partial charge on any atom is -0.461 e. The van der Waals surface area contributed by atoms with Crippen molar-refractivity contribution in [2.75, 3.05) is 12.4 Å². The highest BCUT2D eigenvalue weighted by atomic mass is 32.1. The molecule has 80 valence electrons. The van der Waals surface area contributed by atoms with Crippen molar-refractivity contribution in [2.24, 2.45) is 0 Å². The SMILES string of the molecule is CNc1nc(-c2ccco2)nc2sccc12. The molecule has 0 fully saturated rings. The summed E-state index contributed by atoms with van der Waals surface area (Å²) >= 11 is 1.60. The number of rotatable bonds is 2. The summed E-state index contributed by atoms with van der Waals surface area (Å²) in [4.78, 5) is 9.85. The van der Waals surface area contributed by atoms with Gasteiger partial charge in [-0.25, -0.2) is 9.97 Å². The average Bonchev–Trinajstić information content (AvgIpc) is 2.97. The first kappa shape index (κ1) is 9.35. The maximum absolute atomic E-state index is 5.30. The lowest BCUT2D eigenvalue weighted by Gasteiger charge is -2.02. The number of thiophene rings is 1. The Balaban J connectivity index is 2.27. The van der Waals surface area contributed by atoms with E-state index in [-0.39, 0.29) is 0 Å². The zero-order valence-corrected chi connectivity index (χ0v) is 9.41. The number of nitrogens with one attached hydrogen (secondary N) is 1. The van der Waals surface area contributed by atoms with E-state index >= 15 is 0 Å². The standard InChI is InChI=1S/C11H9N3OS/c1-12-9-7-4-6-16-11(7)14-10(13-9)8-3-2-5-15-8/h2-6H,1H3,(H,12,13,14). The van der Waals surface area contributed by atoms with Crippen LogP contribution in [0.5, 0.6) is 0 Å². The predicted molar refractivity (Wildman–Crippen MR) is 64.7 cm³/mol. The molecule has 1 N–H and O–H groups in total. The normalized spacial score (nSPS) is 10.8. The second-order valence-corrected chi connectivity index (χ2v) is 4.16. The fraction of sp³-hybridized carbons (Fsp3) is 0.0909. The highest BCUT2D eigenvalue weighted by Crippen LogP contribution is 2.28. The molecule has 0 bridgehead atoms. The topological polar surface area (TPSA) is 51.0 Å². The summed E-state index contributed by atoms with van der Waals surface area (Å²) in [7, 11) is 1.85. The fourth-order valence-corrected chi connectivity index (χ4v) is 2.33. The smallest absolute Gasteiger partial charge is 0.199 e. The number of fused-ring (bicyclic) bond motifs is 1. The Hall–Kier alpha value is -1.88. The Labute approximate surface area is 96.0 Å². The molecular weight excluding hydrogens is 222 g/mol. The summed E-state index contributed by atoms with van der Waals surface area (Å²) in [6.07, 6.45) is 1.62. The van der Waals surface area contributed by atoms with Gasteiger partial charge in [0.1, 0.15) is 10.6 Å². The summed E-state index contributed by atoms with van der Waals surface area (Å²) in [5, 5.41) is 6.12. The van der Waals surface area contributed by atoms with Gasteiger partial charge in [-0.15, -0.1) is 11.3 Å². The Morgan fingerprint density at radius 3 is 3.00 bits per heavy atom. The van der Waals surface area contributed by atoms with E-state index in [0.717, 1.165) is 16.0 Å². The molecule has 0 spiro atoms. The number of hydrogen-bond donors (Lipinski definition) is 1. The van der Waals surface area contributed by atoms with Gasteiger partial charge >= 0.3 is 0 Å². The second kappa shape index (κ2) is 3.61. The van der Waals surface area contributed by atoms with Gasteiger partial charge < -0.3 is 9.73 Å². The van der Waals surface area contributed by atoms with Crippen molar-refractivity contribution >= 4 is 27.4 Å². The number of nitrogens with zero attached hydrogens (tertiary/aromatic N) is 2. The lowest BCUT2D eigenvalue weighted by Crippen LogP contribution is -1.96. The Morgan fingerprint density at radius 2 is 2.25 bits per heavy atom. The largest absolute Gasteiger partial charge is 0.461 e. The van der Waals surface area contributed by atoms with Gasteiger partial charge in [0.2, 0.25) is 0 Å². The van der Waals surface area contributed by atoms with Gasteiger partial charge in [0.15, 0.2) is 11.6 Å². The van der Waals surface area contributed by atoms with E-state index in [4.69, 9.17) is 4.42 Å². The molecule has 0 aromatic carbocycles. The first-order valence-electron chi connectivity index (χ1n) is 4.85. The van der Waals surface area contributed by atoms with Crippen LogP contribution < -0.4 is 5.32 Å². The van der Waals surface area contributed by atoms with Crippen molar-refractivity contribution in [1.29, 1.82) is 0 Å². The van der Waals surface area contributed by atoms with Crippen LogP contribution in [0.1, 0.15) is 0 Å². The molecule has 0 saturated heterocycles. The van der Waals surface area contributed by atoms with E-state index in [2.05, 4.69) is 15.3 Å². The van der Waals surface area contributed by atoms with Crippen molar-refractivity contribution in [1.82, 2.24) is 9.97 Å². The van der Waals surface area contributed by atoms with Crippen LogP contribution in [-0.2, 0) is 0 Å². The molecule has 3 aromatic heterocycles. The second-order valence-electron chi connectivity index (χ2n) is 3.26. The Bertz CT molecular complexity index is 615. The molecule has 0 atom stereocenters. The van der Waals surface area contributed by atoms with Crippen LogP contribution in [0.25, 0.3) is 21.8 Å². The molecule has 3 heterocycles. The van der Waals surface area contributed by atoms with Gasteiger partial charge in [-0.1, -0.05) is 0 Å². The highest BCUT2D eigenvalue weighted by Gasteiger charge is 2.10. The van der Waals surface area contributed by atoms with Gasteiger partial charge in [0.05, 0.1) is 11.6 Å². The van der Waals surface area contributed by atoms with Crippen molar-refractivity contribution < 1.29 is 4.42 Å². The molecule has 0 saturated carbocycles. The molecule has 0 unspecified atom stereocenters. The van der Waals surface area contributed by atoms with Crippen molar-refractivity contribution in [3.63, 3.8) is 0 Å². The van der Waals surface area contributed by atoms with Gasteiger partial charge in [-0.2, -0.15) is 0 Å². The van der Waals surface area contributed by atoms with Crippen LogP contribution in [0.4, 0.5) is 5.82 Å². The van der Waals surface area contributed by atoms with Crippen LogP contribution in [0.3, 0.4) is 0 Å². The van der Waals surface area contributed by atoms with Crippen molar-refractivity contribution in [2.45, 2.75) is 0 Å². The lowest BCUT2D eigenvalue weighted by molar-refractivity contribution is 0.578. The maximum atomic E-state index is 5.30. The summed E-state index contributed by atoms with van der Waals surface area (Å²) in [5.74, 6) is 2.13. The summed E-state index contributed by atoms with van der Waals surface area (Å²) < 4.78 is 5.30. The molecule has 0 aliphatic carbocycles. The molecule has 0 amide bonds. The van der Waals surface area contributed by atoms with Gasteiger partial charge in [0, 0.05) is 7.05 Å². The van der Waals surface area contributed by atoms with Gasteiger partial charge in [-0.3, -0.25) is 0 Å². The maximum Gasteiger partial charge on any atom is 0.199 e. The third kappa shape index (κ3) is 1.37. The summed E-state index contributed by atoms with van der Waals surface area (Å²) in [5.41, 5.74) is 0. The number of anilines is 1. The number of furan rings is 1. The van der Waals surface area contributed by atoms with Crippen LogP contribution in [0.2, 0.25) is 0 Å². The van der Waals surface area contributed by atoms with Crippen molar-refractivity contribution in [3.05, 3.63) is 29.8 Å². The predicted octanol–water partition coefficient (Wildman–Crippen LogP) is 2.99. The molecule has 4 nitrogen and oxygen atoms in total. The molecule has 5 heteroatoms. The van der Waals surface area contributed by atoms with E-state index < -0.39 is 0 Å². The van der Waals surface area contributed by atoms with E-state index in [0.29, 0.717) is 11.6 Å². The van der Waals surface area contributed by atoms with E-state index in [1.165, 1.54) is 0 Å². The number of hydrogen-bond acceptors (Lipinski definition) is 5. The third-order valence-corrected chi connectivity index (χ3v) is 3.11. The van der Waals surface area contributed by atoms with Crippen LogP contribution >= 0.6 is 11.3 Å². The van der Waals surface area contributed by atoms with E-state index in [9.17, 15) is 0 Å². The highest BCUT2D eigenvalue weighted by molar-refractivity contribution is 7.16. The first-order valence-corrected chi connectivity index (χ1v) is 5.73. The van der Waals surface area contributed by atoms with Crippen LogP contribution in [-0.4, -0.2) is 17.0 Å². The molecule has 0 aliphatic rings. The van der Waals surface area contributed by atoms with Gasteiger partial charge in [-0.05, 0) is 23.6 Å². The minimum absolute atomic E-state index is 0.615. The molecule has 3 aromatic rings. The van der Waals surface area contributed by atoms with Crippen LogP contribution in [0, 0.1) is 0 Å². The van der Waals surface area contributed by atoms with Gasteiger partial charge in [0.25, 0.3) is 0 Å². The Morgan fingerprint density at radius 1 is 1.31 bits per heavy atom. The summed E-state index contributed by atoms with van der Waals surface area (Å²) in [6.45, 7) is 0. The molecule has 3 rings (SSSR count). The Kier molecular flexibility index (Phi) is 2.11. The first-order chi connectivity index (χ1) is 7.88. The average molecular weight is 231 g/mol. The fourth-order valence-electron chi connectivity index (χ4n) is 1.56. The molecular formula is C11H9N3OS.